The first-order chi connectivity index (χ1) is 8.54. The minimum absolute atomic E-state index is 0.00342. The average molecular weight is 267 g/mol. The van der Waals surface area contributed by atoms with Gasteiger partial charge in [0.15, 0.2) is 0 Å². The van der Waals surface area contributed by atoms with E-state index in [1.54, 1.807) is 30.6 Å². The van der Waals surface area contributed by atoms with E-state index in [4.69, 9.17) is 0 Å². The van der Waals surface area contributed by atoms with Gasteiger partial charge in [-0.3, -0.25) is 4.79 Å². The summed E-state index contributed by atoms with van der Waals surface area (Å²) >= 11 is 1.76. The van der Waals surface area contributed by atoms with Crippen LogP contribution < -0.4 is 0 Å². The monoisotopic (exact) mass is 267 g/mol. The molecule has 3 nitrogen and oxygen atoms in total. The van der Waals surface area contributed by atoms with E-state index in [1.165, 1.54) is 4.90 Å². The third-order valence-corrected chi connectivity index (χ3v) is 3.54. The molecule has 0 saturated carbocycles. The summed E-state index contributed by atoms with van der Waals surface area (Å²) in [7, 11) is 1.76. The number of aliphatic hydroxyl groups excluding tert-OH is 1. The van der Waals surface area contributed by atoms with Crippen molar-refractivity contribution >= 4 is 17.7 Å². The smallest absolute Gasteiger partial charge is 0.253 e. The molecule has 0 aliphatic heterocycles. The highest BCUT2D eigenvalue weighted by Crippen LogP contribution is 2.18. The number of hydrogen-bond donors (Lipinski definition) is 1. The highest BCUT2D eigenvalue weighted by molar-refractivity contribution is 7.99. The lowest BCUT2D eigenvalue weighted by Crippen LogP contribution is -2.29. The van der Waals surface area contributed by atoms with E-state index in [2.05, 4.69) is 6.92 Å². The second kappa shape index (κ2) is 7.44. The third kappa shape index (κ3) is 4.70. The Balaban J connectivity index is 2.60. The molecule has 1 rings (SSSR count). The molecule has 18 heavy (non-hydrogen) atoms. The molecule has 4 heteroatoms. The second-order valence-electron chi connectivity index (χ2n) is 4.32. The Bertz CT molecular complexity index is 376. The third-order valence-electron chi connectivity index (χ3n) is 2.64. The summed E-state index contributed by atoms with van der Waals surface area (Å²) in [5, 5.41) is 9.21. The molecule has 0 aliphatic rings. The highest BCUT2D eigenvalue weighted by atomic mass is 32.2. The Hall–Kier alpha value is -1.00. The number of thioether (sulfide) groups is 1. The molecule has 1 amide bonds. The van der Waals surface area contributed by atoms with Crippen LogP contribution in [-0.4, -0.2) is 41.4 Å². The van der Waals surface area contributed by atoms with Crippen LogP contribution in [0.25, 0.3) is 0 Å². The fourth-order valence-corrected chi connectivity index (χ4v) is 2.22. The summed E-state index contributed by atoms with van der Waals surface area (Å²) in [5.74, 6) is 1.03. The standard InChI is InChI=1S/C14H21NO2S/c1-4-18-13-7-5-12(6-8-13)14(17)15(3)10-9-11(2)16/h5-8,11,16H,4,9-10H2,1-3H3. The molecule has 100 valence electrons. The summed E-state index contributed by atoms with van der Waals surface area (Å²) in [6, 6.07) is 7.67. The maximum Gasteiger partial charge on any atom is 0.253 e. The van der Waals surface area contributed by atoms with Crippen LogP contribution in [0.4, 0.5) is 0 Å². The summed E-state index contributed by atoms with van der Waals surface area (Å²) in [6.07, 6.45) is 0.231. The minimum atomic E-state index is -0.372. The van der Waals surface area contributed by atoms with Crippen molar-refractivity contribution in [1.82, 2.24) is 4.90 Å². The number of carbonyl (C=O) groups is 1. The highest BCUT2D eigenvalue weighted by Gasteiger charge is 2.11. The van der Waals surface area contributed by atoms with E-state index in [0.29, 0.717) is 18.5 Å². The zero-order valence-corrected chi connectivity index (χ0v) is 12.0. The minimum Gasteiger partial charge on any atom is -0.393 e. The van der Waals surface area contributed by atoms with Gasteiger partial charge in [-0.15, -0.1) is 11.8 Å². The van der Waals surface area contributed by atoms with E-state index in [9.17, 15) is 9.90 Å². The predicted octanol–water partition coefficient (Wildman–Crippen LogP) is 2.64. The molecule has 1 unspecified atom stereocenters. The molecule has 0 spiro atoms. The maximum atomic E-state index is 12.1. The molecule has 0 bridgehead atoms. The van der Waals surface area contributed by atoms with Crippen molar-refractivity contribution in [2.24, 2.45) is 0 Å². The van der Waals surface area contributed by atoms with Crippen molar-refractivity contribution in [3.8, 4) is 0 Å². The van der Waals surface area contributed by atoms with Crippen LogP contribution in [0.1, 0.15) is 30.6 Å². The van der Waals surface area contributed by atoms with Crippen molar-refractivity contribution in [3.63, 3.8) is 0 Å². The SMILES string of the molecule is CCSc1ccc(C(=O)N(C)CCC(C)O)cc1. The lowest BCUT2D eigenvalue weighted by atomic mass is 10.2. The predicted molar refractivity (Wildman–Crippen MR) is 76.1 cm³/mol. The maximum absolute atomic E-state index is 12.1. The molecular weight excluding hydrogens is 246 g/mol. The molecule has 0 aromatic heterocycles. The van der Waals surface area contributed by atoms with Crippen LogP contribution in [-0.2, 0) is 0 Å². The van der Waals surface area contributed by atoms with Crippen LogP contribution >= 0.6 is 11.8 Å². The first-order valence-corrected chi connectivity index (χ1v) is 7.19. The Morgan fingerprint density at radius 3 is 2.50 bits per heavy atom. The lowest BCUT2D eigenvalue weighted by Gasteiger charge is -2.18. The first-order valence-electron chi connectivity index (χ1n) is 6.21. The summed E-state index contributed by atoms with van der Waals surface area (Å²) in [5.41, 5.74) is 0.698. The number of nitrogens with zero attached hydrogens (tertiary/aromatic N) is 1. The van der Waals surface area contributed by atoms with Gasteiger partial charge in [-0.1, -0.05) is 6.92 Å². The Morgan fingerprint density at radius 2 is 2.00 bits per heavy atom. The molecule has 0 heterocycles. The lowest BCUT2D eigenvalue weighted by molar-refractivity contribution is 0.0769. The Labute approximate surface area is 113 Å². The van der Waals surface area contributed by atoms with Crippen molar-refractivity contribution in [1.29, 1.82) is 0 Å². The molecule has 1 aromatic rings. The molecule has 0 radical (unpaired) electrons. The van der Waals surface area contributed by atoms with Gasteiger partial charge in [0, 0.05) is 24.1 Å². The van der Waals surface area contributed by atoms with Gasteiger partial charge in [0.2, 0.25) is 0 Å². The van der Waals surface area contributed by atoms with Crippen LogP contribution in [0.15, 0.2) is 29.2 Å². The van der Waals surface area contributed by atoms with E-state index in [-0.39, 0.29) is 12.0 Å². The quantitative estimate of drug-likeness (QED) is 0.806. The van der Waals surface area contributed by atoms with E-state index < -0.39 is 0 Å². The van der Waals surface area contributed by atoms with Crippen LogP contribution in [0.5, 0.6) is 0 Å². The normalized spacial score (nSPS) is 12.2. The average Bonchev–Trinajstić information content (AvgIpc) is 2.36. The van der Waals surface area contributed by atoms with Crippen LogP contribution in [0.2, 0.25) is 0 Å². The summed E-state index contributed by atoms with van der Waals surface area (Å²) in [4.78, 5) is 14.9. The summed E-state index contributed by atoms with van der Waals surface area (Å²) in [6.45, 7) is 4.41. The van der Waals surface area contributed by atoms with Gasteiger partial charge in [-0.05, 0) is 43.4 Å². The molecule has 1 N–H and O–H groups in total. The van der Waals surface area contributed by atoms with Crippen molar-refractivity contribution < 1.29 is 9.90 Å². The van der Waals surface area contributed by atoms with Gasteiger partial charge in [-0.2, -0.15) is 0 Å². The number of carbonyl (C=O) groups excluding carboxylic acids is 1. The number of benzene rings is 1. The molecule has 1 atom stereocenters. The second-order valence-corrected chi connectivity index (χ2v) is 5.66. The summed E-state index contributed by atoms with van der Waals surface area (Å²) < 4.78 is 0. The number of aliphatic hydroxyl groups is 1. The van der Waals surface area contributed by atoms with E-state index in [1.807, 2.05) is 24.3 Å². The van der Waals surface area contributed by atoms with Crippen molar-refractivity contribution in [2.45, 2.75) is 31.3 Å². The number of hydrogen-bond acceptors (Lipinski definition) is 3. The van der Waals surface area contributed by atoms with Gasteiger partial charge in [0.05, 0.1) is 6.10 Å². The molecule has 0 saturated heterocycles. The largest absolute Gasteiger partial charge is 0.393 e. The molecule has 1 aromatic carbocycles. The fraction of sp³-hybridized carbons (Fsp3) is 0.500. The van der Waals surface area contributed by atoms with Gasteiger partial charge < -0.3 is 10.0 Å². The fourth-order valence-electron chi connectivity index (χ4n) is 1.56. The van der Waals surface area contributed by atoms with E-state index >= 15 is 0 Å². The number of rotatable bonds is 6. The first kappa shape index (κ1) is 15.1. The molecule has 0 fully saturated rings. The Kier molecular flexibility index (Phi) is 6.22. The Morgan fingerprint density at radius 1 is 1.39 bits per heavy atom. The van der Waals surface area contributed by atoms with E-state index in [0.717, 1.165) is 5.75 Å². The van der Waals surface area contributed by atoms with Crippen molar-refractivity contribution in [3.05, 3.63) is 29.8 Å². The number of amides is 1. The zero-order valence-electron chi connectivity index (χ0n) is 11.2. The van der Waals surface area contributed by atoms with Gasteiger partial charge in [0.25, 0.3) is 5.91 Å². The van der Waals surface area contributed by atoms with Gasteiger partial charge in [0.1, 0.15) is 0 Å². The van der Waals surface area contributed by atoms with Crippen LogP contribution in [0.3, 0.4) is 0 Å². The van der Waals surface area contributed by atoms with Crippen molar-refractivity contribution in [2.75, 3.05) is 19.3 Å². The van der Waals surface area contributed by atoms with Gasteiger partial charge >= 0.3 is 0 Å². The van der Waals surface area contributed by atoms with Crippen LogP contribution in [0, 0.1) is 0 Å². The molecule has 0 aliphatic carbocycles. The zero-order chi connectivity index (χ0) is 13.5. The van der Waals surface area contributed by atoms with Gasteiger partial charge in [-0.25, -0.2) is 0 Å². The topological polar surface area (TPSA) is 40.5 Å². The molecular formula is C14H21NO2S.